The molecule has 0 aliphatic heterocycles. The van der Waals surface area contributed by atoms with Gasteiger partial charge in [-0.3, -0.25) is 32.5 Å². The minimum atomic E-state index is -4.96. The van der Waals surface area contributed by atoms with E-state index in [1.807, 2.05) is 12.2 Å². The molecule has 0 bridgehead atoms. The molecule has 0 radical (unpaired) electrons. The molecule has 0 saturated heterocycles. The molecule has 5 unspecified atom stereocenters. The molecule has 0 rings (SSSR count). The molecule has 0 amide bonds. The number of carbonyl (C=O) groups excluding carboxylic acids is 3. The Morgan fingerprint density at radius 3 is 0.879 bits per heavy atom. The first kappa shape index (κ1) is 93.6. The van der Waals surface area contributed by atoms with Gasteiger partial charge in [0.25, 0.3) is 0 Å². The second-order valence-corrected chi connectivity index (χ2v) is 26.9. The van der Waals surface area contributed by atoms with Gasteiger partial charge in [0.05, 0.1) is 26.4 Å². The second kappa shape index (κ2) is 72.4. The van der Waals surface area contributed by atoms with Crippen LogP contribution in [0.5, 0.6) is 0 Å². The van der Waals surface area contributed by atoms with Gasteiger partial charge in [0.15, 0.2) is 6.10 Å². The third-order valence-electron chi connectivity index (χ3n) is 14.6. The number of carbonyl (C=O) groups is 3. The highest BCUT2D eigenvalue weighted by molar-refractivity contribution is 7.47. The third kappa shape index (κ3) is 73.7. The van der Waals surface area contributed by atoms with Crippen LogP contribution >= 0.6 is 15.6 Å². The summed E-state index contributed by atoms with van der Waals surface area (Å²) in [5.41, 5.74) is 0. The van der Waals surface area contributed by atoms with E-state index in [-0.39, 0.29) is 19.3 Å². The lowest BCUT2D eigenvalue weighted by atomic mass is 10.1. The maximum absolute atomic E-state index is 12.9. The Morgan fingerprint density at radius 1 is 0.293 bits per heavy atom. The summed E-state index contributed by atoms with van der Waals surface area (Å²) < 4.78 is 61.0. The molecule has 0 aliphatic rings. The molecule has 16 nitrogen and oxygen atoms in total. The van der Waals surface area contributed by atoms with Crippen molar-refractivity contribution in [3.63, 3.8) is 0 Å². The van der Waals surface area contributed by atoms with Crippen LogP contribution in [0.3, 0.4) is 0 Å². The average Bonchev–Trinajstić information content (AvgIpc) is 2.07. The SMILES string of the molecule is CC/C=C\C/C=C\C/C=C\C/C=C\C/C=C\C/C=C\CCCCCCCCC(=O)OCC(O)COP(=O)(O)OCC(O)COP(=O)(O)OCC(COC(=O)CCCCCCC/C=C\C/C=C\C/C=C\C/C=C\CCCCC)OC(=O)CCC/C=C\C/C=C\C/C=C\C/C=C\C/C=C\CC. The first-order valence-corrected chi connectivity index (χ1v) is 40.1. The lowest BCUT2D eigenvalue weighted by molar-refractivity contribution is -0.161. The zero-order valence-electron chi connectivity index (χ0n) is 60.8. The Bertz CT molecular complexity index is 2530. The Kier molecular flexibility index (Phi) is 68.5. The predicted molar refractivity (Wildman–Crippen MR) is 408 cm³/mol. The number of phosphoric acid groups is 2. The van der Waals surface area contributed by atoms with Gasteiger partial charge in [0.1, 0.15) is 25.4 Å². The Balaban J connectivity index is 4.74. The molecule has 5 atom stereocenters. The van der Waals surface area contributed by atoms with Crippen LogP contribution in [-0.4, -0.2) is 95.9 Å². The van der Waals surface area contributed by atoms with Crippen molar-refractivity contribution in [3.05, 3.63) is 182 Å². The maximum Gasteiger partial charge on any atom is 0.472 e. The molecule has 0 aromatic carbocycles. The third-order valence-corrected chi connectivity index (χ3v) is 16.5. The number of ether oxygens (including phenoxy) is 3. The molecule has 4 N–H and O–H groups in total. The highest BCUT2D eigenvalue weighted by atomic mass is 31.2. The van der Waals surface area contributed by atoms with E-state index in [2.05, 4.69) is 191 Å². The van der Waals surface area contributed by atoms with Gasteiger partial charge in [0.2, 0.25) is 0 Å². The number of aliphatic hydroxyl groups excluding tert-OH is 2. The smallest absolute Gasteiger partial charge is 0.463 e. The molecule has 0 heterocycles. The Hall–Kier alpha value is -5.35. The summed E-state index contributed by atoms with van der Waals surface area (Å²) >= 11 is 0. The minimum absolute atomic E-state index is 0.0142. The van der Waals surface area contributed by atoms with Crippen LogP contribution in [0, 0.1) is 0 Å². The van der Waals surface area contributed by atoms with Gasteiger partial charge in [-0.1, -0.05) is 261 Å². The standard InChI is InChI=1S/C81H130O16P2/c1-4-7-10-13-16-19-22-25-28-31-33-35-36-37-38-40-42-44-46-49-52-55-58-61-64-67-79(84)91-70-76(82)71-93-98(87,88)94-72-77(83)73-95-99(89,90)96-75-78(97-81(86)69-66-63-60-57-54-51-48-43-30-27-24-21-18-15-12-9-6-3)74-92-80(85)68-65-62-59-56-53-50-47-45-41-39-34-32-29-26-23-20-17-14-11-8-5-2/h7,9-10,12,16-21,25-30,33-35,37-39,42,44-45,47-48,51,57,60,76-78,82-83H,4-6,8,11,13-15,22-24,31-32,36,40-41,43,46,49-50,52-56,58-59,61-75H2,1-3H3,(H,87,88)(H,89,90)/b10-7-,12-9-,19-16-,20-17-,21-18-,28-25-,29-26-,30-27-,35-33-,38-37-,39-34-,44-42-,47-45-,51-48-,60-57-. The van der Waals surface area contributed by atoms with E-state index in [0.29, 0.717) is 25.7 Å². The fraction of sp³-hybridized carbons (Fsp3) is 0.593. The molecule has 0 fully saturated rings. The van der Waals surface area contributed by atoms with E-state index < -0.39 is 91.5 Å². The van der Waals surface area contributed by atoms with Gasteiger partial charge < -0.3 is 34.2 Å². The maximum atomic E-state index is 12.9. The Labute approximate surface area is 598 Å². The molecule has 0 spiro atoms. The van der Waals surface area contributed by atoms with Crippen LogP contribution in [0.15, 0.2) is 182 Å². The minimum Gasteiger partial charge on any atom is -0.463 e. The van der Waals surface area contributed by atoms with E-state index in [0.717, 1.165) is 167 Å². The van der Waals surface area contributed by atoms with Crippen LogP contribution < -0.4 is 0 Å². The normalized spacial score (nSPS) is 15.1. The van der Waals surface area contributed by atoms with Crippen LogP contribution in [-0.2, 0) is 55.8 Å². The molecule has 0 aromatic rings. The molecular formula is C81H130O16P2. The number of aliphatic hydroxyl groups is 2. The van der Waals surface area contributed by atoms with E-state index in [1.165, 1.54) is 19.3 Å². The van der Waals surface area contributed by atoms with Gasteiger partial charge in [0, 0.05) is 19.3 Å². The summed E-state index contributed by atoms with van der Waals surface area (Å²) in [4.78, 5) is 58.5. The predicted octanol–water partition coefficient (Wildman–Crippen LogP) is 21.4. The van der Waals surface area contributed by atoms with Gasteiger partial charge in [-0.25, -0.2) is 9.13 Å². The van der Waals surface area contributed by atoms with E-state index in [9.17, 15) is 43.5 Å². The molecule has 99 heavy (non-hydrogen) atoms. The fourth-order valence-electron chi connectivity index (χ4n) is 9.00. The van der Waals surface area contributed by atoms with Gasteiger partial charge in [-0.15, -0.1) is 0 Å². The first-order valence-electron chi connectivity index (χ1n) is 37.1. The van der Waals surface area contributed by atoms with Crippen LogP contribution in [0.4, 0.5) is 0 Å². The quantitative estimate of drug-likeness (QED) is 0.0146. The van der Waals surface area contributed by atoms with Crippen LogP contribution in [0.25, 0.3) is 0 Å². The zero-order chi connectivity index (χ0) is 72.3. The summed E-state index contributed by atoms with van der Waals surface area (Å²) in [5.74, 6) is -1.69. The van der Waals surface area contributed by atoms with Crippen molar-refractivity contribution in [2.24, 2.45) is 0 Å². The molecule has 560 valence electrons. The summed E-state index contributed by atoms with van der Waals surface area (Å²) in [5, 5.41) is 20.6. The number of allylic oxidation sites excluding steroid dienone is 30. The zero-order valence-corrected chi connectivity index (χ0v) is 62.6. The number of phosphoric ester groups is 2. The second-order valence-electron chi connectivity index (χ2n) is 24.0. The largest absolute Gasteiger partial charge is 0.472 e. The van der Waals surface area contributed by atoms with Crippen molar-refractivity contribution in [2.45, 2.75) is 270 Å². The number of rotatable bonds is 68. The van der Waals surface area contributed by atoms with E-state index >= 15 is 0 Å². The summed E-state index contributed by atoms with van der Waals surface area (Å²) in [6, 6.07) is 0. The number of hydrogen-bond donors (Lipinski definition) is 4. The van der Waals surface area contributed by atoms with Crippen molar-refractivity contribution in [1.82, 2.24) is 0 Å². The van der Waals surface area contributed by atoms with Crippen molar-refractivity contribution >= 4 is 33.6 Å². The van der Waals surface area contributed by atoms with Gasteiger partial charge in [-0.05, 0) is 154 Å². The molecule has 18 heteroatoms. The number of unbranched alkanes of at least 4 members (excludes halogenated alkanes) is 15. The fourth-order valence-corrected chi connectivity index (χ4v) is 10.6. The monoisotopic (exact) mass is 1420 g/mol. The van der Waals surface area contributed by atoms with Crippen molar-refractivity contribution < 1.29 is 75.8 Å². The topological polar surface area (TPSA) is 231 Å². The van der Waals surface area contributed by atoms with Gasteiger partial charge >= 0.3 is 33.6 Å². The van der Waals surface area contributed by atoms with Crippen molar-refractivity contribution in [2.75, 3.05) is 39.6 Å². The van der Waals surface area contributed by atoms with Crippen LogP contribution in [0.2, 0.25) is 0 Å². The Morgan fingerprint density at radius 2 is 0.545 bits per heavy atom. The van der Waals surface area contributed by atoms with E-state index in [4.69, 9.17) is 32.3 Å². The summed E-state index contributed by atoms with van der Waals surface area (Å²) in [7, 11) is -9.83. The highest BCUT2D eigenvalue weighted by Crippen LogP contribution is 2.45. The number of esters is 3. The van der Waals surface area contributed by atoms with Gasteiger partial charge in [-0.2, -0.15) is 0 Å². The average molecular weight is 1420 g/mol. The summed E-state index contributed by atoms with van der Waals surface area (Å²) in [6.45, 7) is 2.28. The van der Waals surface area contributed by atoms with Crippen molar-refractivity contribution in [3.8, 4) is 0 Å². The van der Waals surface area contributed by atoms with E-state index in [1.54, 1.807) is 0 Å². The lowest BCUT2D eigenvalue weighted by Crippen LogP contribution is -2.30. The van der Waals surface area contributed by atoms with Crippen LogP contribution in [0.1, 0.15) is 252 Å². The van der Waals surface area contributed by atoms with Crippen molar-refractivity contribution in [1.29, 1.82) is 0 Å². The lowest BCUT2D eigenvalue weighted by Gasteiger charge is -2.21. The molecular weight excluding hydrogens is 1290 g/mol. The first-order chi connectivity index (χ1) is 48.2. The molecule has 0 aliphatic carbocycles. The number of hydrogen-bond acceptors (Lipinski definition) is 14. The molecule has 0 saturated carbocycles. The highest BCUT2D eigenvalue weighted by Gasteiger charge is 2.29. The summed E-state index contributed by atoms with van der Waals surface area (Å²) in [6.07, 6.45) is 92.3. The molecule has 0 aromatic heterocycles.